The Hall–Kier alpha value is -2.57. The maximum atomic E-state index is 12.4. The van der Waals surface area contributed by atoms with Crippen LogP contribution in [0.5, 0.6) is 0 Å². The zero-order chi connectivity index (χ0) is 14.8. The summed E-state index contributed by atoms with van der Waals surface area (Å²) in [7, 11) is 0. The van der Waals surface area contributed by atoms with Crippen molar-refractivity contribution in [3.8, 4) is 0 Å². The van der Waals surface area contributed by atoms with Crippen molar-refractivity contribution < 1.29 is 9.21 Å². The topological polar surface area (TPSA) is 88.3 Å². The second-order valence-electron chi connectivity index (χ2n) is 5.07. The minimum atomic E-state index is -0.579. The summed E-state index contributed by atoms with van der Waals surface area (Å²) in [5, 5.41) is 0. The van der Waals surface area contributed by atoms with Gasteiger partial charge in [-0.05, 0) is 25.0 Å². The van der Waals surface area contributed by atoms with Gasteiger partial charge in [0.25, 0.3) is 5.56 Å². The third kappa shape index (κ3) is 3.13. The summed E-state index contributed by atoms with van der Waals surface area (Å²) in [4.78, 5) is 38.9. The number of aromatic amines is 1. The molecule has 110 valence electrons. The molecule has 2 aromatic rings. The van der Waals surface area contributed by atoms with Gasteiger partial charge in [-0.1, -0.05) is 0 Å². The molecule has 0 aromatic carbocycles. The zero-order valence-electron chi connectivity index (χ0n) is 11.3. The second kappa shape index (κ2) is 5.43. The molecule has 0 aliphatic heterocycles. The maximum Gasteiger partial charge on any atom is 0.328 e. The highest BCUT2D eigenvalue weighted by molar-refractivity contribution is 5.76. The van der Waals surface area contributed by atoms with Crippen LogP contribution in [0.3, 0.4) is 0 Å². The van der Waals surface area contributed by atoms with E-state index in [1.165, 1.54) is 16.8 Å². The summed E-state index contributed by atoms with van der Waals surface area (Å²) in [5.74, 6) is 0.548. The Morgan fingerprint density at radius 1 is 1.38 bits per heavy atom. The van der Waals surface area contributed by atoms with Gasteiger partial charge in [0.2, 0.25) is 5.91 Å². The molecule has 21 heavy (non-hydrogen) atoms. The van der Waals surface area contributed by atoms with Crippen LogP contribution in [0.25, 0.3) is 0 Å². The molecule has 0 unspecified atom stereocenters. The maximum absolute atomic E-state index is 12.4. The van der Waals surface area contributed by atoms with E-state index in [0.717, 1.165) is 12.8 Å². The first-order valence-corrected chi connectivity index (χ1v) is 6.75. The number of hydrogen-bond acceptors (Lipinski definition) is 4. The SMILES string of the molecule is O=C(Cn1ccc(=O)[nH]c1=O)N(Cc1ccco1)C1CC1. The number of amides is 1. The number of rotatable bonds is 5. The normalized spacial score (nSPS) is 14.1. The minimum Gasteiger partial charge on any atom is -0.467 e. The van der Waals surface area contributed by atoms with Gasteiger partial charge >= 0.3 is 5.69 Å². The average molecular weight is 289 g/mol. The lowest BCUT2D eigenvalue weighted by Crippen LogP contribution is -2.39. The third-order valence-electron chi connectivity index (χ3n) is 3.42. The number of carbonyl (C=O) groups excluding carboxylic acids is 1. The number of aromatic nitrogens is 2. The van der Waals surface area contributed by atoms with Gasteiger partial charge in [0.05, 0.1) is 12.8 Å². The van der Waals surface area contributed by atoms with E-state index in [4.69, 9.17) is 4.42 Å². The highest BCUT2D eigenvalue weighted by atomic mass is 16.3. The Labute approximate surface area is 119 Å². The predicted octanol–water partition coefficient (Wildman–Crippen LogP) is 0.321. The smallest absolute Gasteiger partial charge is 0.328 e. The Bertz CT molecular complexity index is 740. The van der Waals surface area contributed by atoms with Crippen molar-refractivity contribution in [2.75, 3.05) is 0 Å². The van der Waals surface area contributed by atoms with Gasteiger partial charge < -0.3 is 9.32 Å². The van der Waals surface area contributed by atoms with Crippen LogP contribution in [-0.2, 0) is 17.9 Å². The Balaban J connectivity index is 1.75. The predicted molar refractivity (Wildman–Crippen MR) is 73.6 cm³/mol. The standard InChI is InChI=1S/C14H15N3O4/c18-12-5-6-16(14(20)15-12)9-13(19)17(10-3-4-10)8-11-2-1-7-21-11/h1-2,5-7,10H,3-4,8-9H2,(H,15,18,20). The molecule has 2 heterocycles. The first-order chi connectivity index (χ1) is 10.1. The van der Waals surface area contributed by atoms with Gasteiger partial charge in [-0.3, -0.25) is 19.1 Å². The quantitative estimate of drug-likeness (QED) is 0.858. The molecule has 0 radical (unpaired) electrons. The van der Waals surface area contributed by atoms with Gasteiger partial charge in [-0.15, -0.1) is 0 Å². The molecule has 0 bridgehead atoms. The highest BCUT2D eigenvalue weighted by Gasteiger charge is 2.33. The summed E-state index contributed by atoms with van der Waals surface area (Å²) >= 11 is 0. The van der Waals surface area contributed by atoms with Gasteiger partial charge in [-0.2, -0.15) is 0 Å². The molecule has 1 aliphatic carbocycles. The van der Waals surface area contributed by atoms with Crippen molar-refractivity contribution in [2.24, 2.45) is 0 Å². The molecule has 1 aliphatic rings. The Kier molecular flexibility index (Phi) is 3.47. The lowest BCUT2D eigenvalue weighted by molar-refractivity contribution is -0.133. The van der Waals surface area contributed by atoms with Crippen LogP contribution in [-0.4, -0.2) is 26.4 Å². The first-order valence-electron chi connectivity index (χ1n) is 6.75. The van der Waals surface area contributed by atoms with Crippen LogP contribution in [0.15, 0.2) is 44.7 Å². The molecule has 1 fully saturated rings. The molecule has 1 amide bonds. The summed E-state index contributed by atoms with van der Waals surface area (Å²) in [6.07, 6.45) is 4.83. The summed E-state index contributed by atoms with van der Waals surface area (Å²) < 4.78 is 6.47. The number of nitrogens with zero attached hydrogens (tertiary/aromatic N) is 2. The van der Waals surface area contributed by atoms with Crippen molar-refractivity contribution in [3.05, 3.63) is 57.3 Å². The van der Waals surface area contributed by atoms with Crippen LogP contribution < -0.4 is 11.2 Å². The monoisotopic (exact) mass is 289 g/mol. The molecule has 0 spiro atoms. The van der Waals surface area contributed by atoms with Crippen molar-refractivity contribution >= 4 is 5.91 Å². The number of hydrogen-bond donors (Lipinski definition) is 1. The largest absolute Gasteiger partial charge is 0.467 e. The van der Waals surface area contributed by atoms with E-state index in [2.05, 4.69) is 4.98 Å². The molecule has 1 N–H and O–H groups in total. The summed E-state index contributed by atoms with van der Waals surface area (Å²) in [6, 6.07) is 5.02. The van der Waals surface area contributed by atoms with Crippen molar-refractivity contribution in [2.45, 2.75) is 32.0 Å². The fourth-order valence-corrected chi connectivity index (χ4v) is 2.18. The molecular weight excluding hydrogens is 274 g/mol. The molecule has 7 heteroatoms. The van der Waals surface area contributed by atoms with Crippen LogP contribution >= 0.6 is 0 Å². The Morgan fingerprint density at radius 3 is 2.81 bits per heavy atom. The van der Waals surface area contributed by atoms with Gasteiger partial charge in [-0.25, -0.2) is 4.79 Å². The van der Waals surface area contributed by atoms with Crippen LogP contribution in [0.2, 0.25) is 0 Å². The number of furan rings is 1. The molecule has 7 nitrogen and oxygen atoms in total. The highest BCUT2D eigenvalue weighted by Crippen LogP contribution is 2.28. The van der Waals surface area contributed by atoms with E-state index >= 15 is 0 Å². The molecule has 2 aromatic heterocycles. The lowest BCUT2D eigenvalue weighted by Gasteiger charge is -2.21. The van der Waals surface area contributed by atoms with E-state index in [1.807, 2.05) is 6.07 Å². The van der Waals surface area contributed by atoms with Crippen molar-refractivity contribution in [3.63, 3.8) is 0 Å². The van der Waals surface area contributed by atoms with E-state index < -0.39 is 11.2 Å². The summed E-state index contributed by atoms with van der Waals surface area (Å²) in [5.41, 5.74) is -1.05. The molecule has 3 rings (SSSR count). The minimum absolute atomic E-state index is 0.0905. The fourth-order valence-electron chi connectivity index (χ4n) is 2.18. The summed E-state index contributed by atoms with van der Waals surface area (Å²) in [6.45, 7) is 0.307. The van der Waals surface area contributed by atoms with E-state index in [0.29, 0.717) is 12.3 Å². The number of nitrogens with one attached hydrogen (secondary N) is 1. The van der Waals surface area contributed by atoms with Gasteiger partial charge in [0, 0.05) is 18.3 Å². The van der Waals surface area contributed by atoms with Crippen molar-refractivity contribution in [1.82, 2.24) is 14.5 Å². The lowest BCUT2D eigenvalue weighted by atomic mass is 10.3. The van der Waals surface area contributed by atoms with Gasteiger partial charge in [0.15, 0.2) is 0 Å². The van der Waals surface area contributed by atoms with Crippen LogP contribution in [0.4, 0.5) is 0 Å². The van der Waals surface area contributed by atoms with Crippen LogP contribution in [0.1, 0.15) is 18.6 Å². The zero-order valence-corrected chi connectivity index (χ0v) is 11.3. The van der Waals surface area contributed by atoms with E-state index in [-0.39, 0.29) is 18.5 Å². The molecule has 1 saturated carbocycles. The third-order valence-corrected chi connectivity index (χ3v) is 3.42. The number of H-pyrrole nitrogens is 1. The van der Waals surface area contributed by atoms with Gasteiger partial charge in [0.1, 0.15) is 12.3 Å². The first kappa shape index (κ1) is 13.4. The molecule has 0 saturated heterocycles. The Morgan fingerprint density at radius 2 is 2.19 bits per heavy atom. The second-order valence-corrected chi connectivity index (χ2v) is 5.07. The van der Waals surface area contributed by atoms with E-state index in [9.17, 15) is 14.4 Å². The van der Waals surface area contributed by atoms with Crippen LogP contribution in [0, 0.1) is 0 Å². The molecule has 0 atom stereocenters. The fraction of sp³-hybridized carbons (Fsp3) is 0.357. The van der Waals surface area contributed by atoms with Crippen molar-refractivity contribution in [1.29, 1.82) is 0 Å². The average Bonchev–Trinajstić information content (AvgIpc) is 3.16. The van der Waals surface area contributed by atoms with E-state index in [1.54, 1.807) is 17.2 Å². The molecular formula is C14H15N3O4. The number of carbonyl (C=O) groups is 1.